The van der Waals surface area contributed by atoms with Crippen molar-refractivity contribution in [2.75, 3.05) is 23.3 Å². The number of H-pyrrole nitrogens is 1. The van der Waals surface area contributed by atoms with Crippen LogP contribution in [-0.2, 0) is 6.18 Å². The predicted octanol–water partition coefficient (Wildman–Crippen LogP) is 4.11. The molecule has 4 rings (SSSR count). The van der Waals surface area contributed by atoms with Gasteiger partial charge < -0.3 is 15.2 Å². The highest BCUT2D eigenvalue weighted by molar-refractivity contribution is 7.12. The van der Waals surface area contributed by atoms with Crippen molar-refractivity contribution in [3.63, 3.8) is 0 Å². The topological polar surface area (TPSA) is 78.1 Å². The van der Waals surface area contributed by atoms with Crippen molar-refractivity contribution < 1.29 is 22.4 Å². The summed E-state index contributed by atoms with van der Waals surface area (Å²) in [5.74, 6) is -0.966. The van der Waals surface area contributed by atoms with Gasteiger partial charge in [-0.15, -0.1) is 0 Å². The van der Waals surface area contributed by atoms with Crippen LogP contribution in [0.3, 0.4) is 0 Å². The Labute approximate surface area is 171 Å². The highest BCUT2D eigenvalue weighted by Gasteiger charge is 2.35. The van der Waals surface area contributed by atoms with E-state index in [9.17, 15) is 27.2 Å². The molecule has 2 N–H and O–H groups in total. The number of hydrogen-bond donors (Lipinski definition) is 2. The van der Waals surface area contributed by atoms with Gasteiger partial charge in [0.2, 0.25) is 5.43 Å². The molecule has 2 aromatic heterocycles. The van der Waals surface area contributed by atoms with E-state index in [1.165, 1.54) is 11.0 Å². The maximum absolute atomic E-state index is 13.6. The van der Waals surface area contributed by atoms with E-state index in [0.717, 1.165) is 29.9 Å². The highest BCUT2D eigenvalue weighted by atomic mass is 32.1. The molecule has 0 spiro atoms. The molecular formula is C19H16F4N4O2S. The van der Waals surface area contributed by atoms with Gasteiger partial charge in [0, 0.05) is 25.0 Å². The quantitative estimate of drug-likeness (QED) is 0.601. The van der Waals surface area contributed by atoms with Crippen LogP contribution in [0.4, 0.5) is 28.9 Å². The van der Waals surface area contributed by atoms with Gasteiger partial charge in [0.15, 0.2) is 0 Å². The van der Waals surface area contributed by atoms with Gasteiger partial charge in [-0.3, -0.25) is 9.59 Å². The zero-order valence-electron chi connectivity index (χ0n) is 15.6. The normalized spacial score (nSPS) is 17.0. The van der Waals surface area contributed by atoms with E-state index in [1.54, 1.807) is 6.92 Å². The fraction of sp³-hybridized carbons (Fsp3) is 0.316. The molecule has 11 heteroatoms. The number of aromatic nitrogens is 2. The smallest absolute Gasteiger partial charge is 0.368 e. The van der Waals surface area contributed by atoms with Gasteiger partial charge in [0.25, 0.3) is 5.91 Å². The molecule has 30 heavy (non-hydrogen) atoms. The molecular weight excluding hydrogens is 424 g/mol. The number of amides is 1. The van der Waals surface area contributed by atoms with Crippen LogP contribution in [0.2, 0.25) is 0 Å². The second-order valence-electron chi connectivity index (χ2n) is 7.02. The highest BCUT2D eigenvalue weighted by Crippen LogP contribution is 2.38. The third-order valence-corrected chi connectivity index (χ3v) is 5.85. The molecule has 3 heterocycles. The van der Waals surface area contributed by atoms with Crippen molar-refractivity contribution in [2.45, 2.75) is 25.7 Å². The molecule has 1 amide bonds. The van der Waals surface area contributed by atoms with Gasteiger partial charge in [0.05, 0.1) is 22.3 Å². The molecule has 6 nitrogen and oxygen atoms in total. The molecule has 1 fully saturated rings. The van der Waals surface area contributed by atoms with Gasteiger partial charge in [-0.1, -0.05) is 0 Å². The fourth-order valence-electron chi connectivity index (χ4n) is 3.46. The van der Waals surface area contributed by atoms with Crippen LogP contribution < -0.4 is 15.6 Å². The molecule has 0 saturated carbocycles. The Kier molecular flexibility index (Phi) is 5.00. The van der Waals surface area contributed by atoms with E-state index >= 15 is 0 Å². The zero-order valence-corrected chi connectivity index (χ0v) is 16.5. The Balaban J connectivity index is 1.68. The predicted molar refractivity (Wildman–Crippen MR) is 106 cm³/mol. The summed E-state index contributed by atoms with van der Waals surface area (Å²) in [6, 6.07) is 3.39. The van der Waals surface area contributed by atoms with Crippen LogP contribution >= 0.6 is 11.5 Å². The van der Waals surface area contributed by atoms with Crippen LogP contribution in [0, 0.1) is 6.92 Å². The molecule has 0 bridgehead atoms. The first-order valence-corrected chi connectivity index (χ1v) is 9.82. The van der Waals surface area contributed by atoms with Crippen molar-refractivity contribution in [1.29, 1.82) is 0 Å². The van der Waals surface area contributed by atoms with E-state index < -0.39 is 34.9 Å². The van der Waals surface area contributed by atoms with Gasteiger partial charge >= 0.3 is 6.18 Å². The van der Waals surface area contributed by atoms with Gasteiger partial charge in [0.1, 0.15) is 16.6 Å². The first-order valence-electron chi connectivity index (χ1n) is 9.04. The lowest BCUT2D eigenvalue weighted by Crippen LogP contribution is -2.24. The molecule has 0 unspecified atom stereocenters. The Morgan fingerprint density at radius 1 is 1.37 bits per heavy atom. The van der Waals surface area contributed by atoms with Crippen LogP contribution in [0.5, 0.6) is 0 Å². The van der Waals surface area contributed by atoms with Crippen LogP contribution in [-0.4, -0.2) is 34.5 Å². The number of fused-ring (bicyclic) bond motifs is 1. The van der Waals surface area contributed by atoms with E-state index in [2.05, 4.69) is 14.7 Å². The third-order valence-electron chi connectivity index (χ3n) is 4.98. The van der Waals surface area contributed by atoms with Crippen molar-refractivity contribution in [2.24, 2.45) is 0 Å². The second-order valence-corrected chi connectivity index (χ2v) is 7.79. The first-order chi connectivity index (χ1) is 14.1. The number of alkyl halides is 4. The van der Waals surface area contributed by atoms with Crippen molar-refractivity contribution in [3.05, 3.63) is 51.4 Å². The molecule has 1 atom stereocenters. The SMILES string of the molecule is Cc1nsc2[nH]cc(C(=O)Nc3ccc(N4CC[C@@H](F)C4)cc3C(F)(F)F)c(=O)c12. The maximum atomic E-state index is 13.6. The van der Waals surface area contributed by atoms with Crippen molar-refractivity contribution in [3.8, 4) is 0 Å². The van der Waals surface area contributed by atoms with Gasteiger partial charge in [-0.05, 0) is 43.1 Å². The van der Waals surface area contributed by atoms with Crippen LogP contribution in [0.1, 0.15) is 28.0 Å². The molecule has 1 aliphatic heterocycles. The van der Waals surface area contributed by atoms with Gasteiger partial charge in [-0.25, -0.2) is 4.39 Å². The minimum absolute atomic E-state index is 0.0203. The lowest BCUT2D eigenvalue weighted by atomic mass is 10.1. The largest absolute Gasteiger partial charge is 0.418 e. The number of hydrogen-bond acceptors (Lipinski definition) is 5. The zero-order chi connectivity index (χ0) is 21.6. The number of nitrogens with zero attached hydrogens (tertiary/aromatic N) is 2. The number of rotatable bonds is 3. The number of aryl methyl sites for hydroxylation is 1. The summed E-state index contributed by atoms with van der Waals surface area (Å²) >= 11 is 1.05. The average Bonchev–Trinajstić information content (AvgIpc) is 3.28. The number of halogens is 4. The molecule has 158 valence electrons. The molecule has 1 aromatic carbocycles. The number of pyridine rings is 1. The number of carbonyl (C=O) groups excluding carboxylic acids is 1. The third kappa shape index (κ3) is 3.64. The minimum Gasteiger partial charge on any atom is -0.368 e. The standard InChI is InChI=1S/C19H16F4N4O2S/c1-9-15-16(28)12(7-24-18(15)30-26-9)17(29)25-14-3-2-11(6-13(14)19(21,22)23)27-5-4-10(20)8-27/h2-3,6-7,10H,4-5,8H2,1H3,(H,24,28)(H,25,29)/t10-/m1/s1. The fourth-order valence-corrected chi connectivity index (χ4v) is 4.22. The summed E-state index contributed by atoms with van der Waals surface area (Å²) in [6.07, 6.45) is -4.43. The Morgan fingerprint density at radius 3 is 2.80 bits per heavy atom. The van der Waals surface area contributed by atoms with Crippen molar-refractivity contribution in [1.82, 2.24) is 9.36 Å². The van der Waals surface area contributed by atoms with Gasteiger partial charge in [-0.2, -0.15) is 17.5 Å². The van der Waals surface area contributed by atoms with Crippen molar-refractivity contribution >= 4 is 39.0 Å². The summed E-state index contributed by atoms with van der Waals surface area (Å²) < 4.78 is 58.3. The number of benzene rings is 1. The number of anilines is 2. The lowest BCUT2D eigenvalue weighted by molar-refractivity contribution is -0.136. The summed E-state index contributed by atoms with van der Waals surface area (Å²) in [4.78, 5) is 30.0. The summed E-state index contributed by atoms with van der Waals surface area (Å²) in [5.41, 5.74) is -1.82. The Hall–Kier alpha value is -2.95. The summed E-state index contributed by atoms with van der Waals surface area (Å²) in [5, 5.41) is 2.42. The lowest BCUT2D eigenvalue weighted by Gasteiger charge is -2.21. The van der Waals surface area contributed by atoms with E-state index in [-0.39, 0.29) is 29.6 Å². The molecule has 0 aliphatic carbocycles. The Morgan fingerprint density at radius 2 is 2.13 bits per heavy atom. The van der Waals surface area contributed by atoms with E-state index in [4.69, 9.17) is 0 Å². The second kappa shape index (κ2) is 7.38. The van der Waals surface area contributed by atoms with E-state index in [0.29, 0.717) is 17.1 Å². The first kappa shape index (κ1) is 20.3. The average molecular weight is 440 g/mol. The maximum Gasteiger partial charge on any atom is 0.418 e. The number of carbonyl (C=O) groups is 1. The molecule has 1 aliphatic rings. The molecule has 3 aromatic rings. The molecule has 1 saturated heterocycles. The summed E-state index contributed by atoms with van der Waals surface area (Å²) in [6.45, 7) is 1.94. The minimum atomic E-state index is -4.75. The Bertz CT molecular complexity index is 1190. The number of aromatic amines is 1. The molecule has 0 radical (unpaired) electrons. The summed E-state index contributed by atoms with van der Waals surface area (Å²) in [7, 11) is 0. The van der Waals surface area contributed by atoms with Crippen LogP contribution in [0.25, 0.3) is 10.2 Å². The monoisotopic (exact) mass is 440 g/mol. The number of nitrogens with one attached hydrogen (secondary N) is 2. The van der Waals surface area contributed by atoms with Crippen LogP contribution in [0.15, 0.2) is 29.2 Å². The van der Waals surface area contributed by atoms with E-state index in [1.807, 2.05) is 0 Å².